The number of carbonyl (C=O) groups is 3. The molecule has 1 unspecified atom stereocenters. The molecule has 1 amide bonds. The van der Waals surface area contributed by atoms with E-state index in [1.54, 1.807) is 0 Å². The van der Waals surface area contributed by atoms with Gasteiger partial charge in [0.05, 0.1) is 12.3 Å². The molecule has 0 rings (SSSR count). The first-order valence-electron chi connectivity index (χ1n) is 4.54. The van der Waals surface area contributed by atoms with E-state index in [0.717, 1.165) is 0 Å². The van der Waals surface area contributed by atoms with Crippen molar-refractivity contribution in [1.82, 2.24) is 4.90 Å². The maximum absolute atomic E-state index is 11.1. The van der Waals surface area contributed by atoms with E-state index in [-0.39, 0.29) is 25.4 Å². The van der Waals surface area contributed by atoms with E-state index < -0.39 is 17.9 Å². The summed E-state index contributed by atoms with van der Waals surface area (Å²) < 4.78 is 0. The van der Waals surface area contributed by atoms with E-state index >= 15 is 0 Å². The summed E-state index contributed by atoms with van der Waals surface area (Å²) in [6.07, 6.45) is -0.175. The summed E-state index contributed by atoms with van der Waals surface area (Å²) in [4.78, 5) is 33.1. The molecule has 0 saturated heterocycles. The third kappa shape index (κ3) is 5.66. The average molecular weight is 217 g/mol. The second kappa shape index (κ2) is 6.00. The minimum Gasteiger partial charge on any atom is -0.481 e. The predicted octanol–water partition coefficient (Wildman–Crippen LogP) is 0.0303. The topological polar surface area (TPSA) is 94.9 Å². The van der Waals surface area contributed by atoms with Crippen molar-refractivity contribution >= 4 is 17.8 Å². The second-order valence-electron chi connectivity index (χ2n) is 3.35. The van der Waals surface area contributed by atoms with Gasteiger partial charge >= 0.3 is 11.9 Å². The van der Waals surface area contributed by atoms with Gasteiger partial charge in [-0.05, 0) is 0 Å². The Kier molecular flexibility index (Phi) is 5.36. The smallest absolute Gasteiger partial charge is 0.308 e. The van der Waals surface area contributed by atoms with Crippen LogP contribution in [0, 0.1) is 5.92 Å². The van der Waals surface area contributed by atoms with Crippen LogP contribution < -0.4 is 0 Å². The number of rotatable bonds is 6. The Bertz CT molecular complexity index is 263. The van der Waals surface area contributed by atoms with Crippen LogP contribution in [-0.4, -0.2) is 46.0 Å². The molecule has 0 spiro atoms. The van der Waals surface area contributed by atoms with Crippen LogP contribution in [0.4, 0.5) is 0 Å². The van der Waals surface area contributed by atoms with Gasteiger partial charge in [0.25, 0.3) is 0 Å². The molecule has 15 heavy (non-hydrogen) atoms. The molecular weight excluding hydrogens is 202 g/mol. The monoisotopic (exact) mass is 217 g/mol. The van der Waals surface area contributed by atoms with Crippen molar-refractivity contribution in [2.24, 2.45) is 5.92 Å². The van der Waals surface area contributed by atoms with Crippen LogP contribution in [0.2, 0.25) is 0 Å². The molecule has 86 valence electrons. The fourth-order valence-corrected chi connectivity index (χ4v) is 1.02. The molecule has 6 nitrogen and oxygen atoms in total. The van der Waals surface area contributed by atoms with Gasteiger partial charge in [-0.25, -0.2) is 0 Å². The molecule has 0 aromatic rings. The molecule has 0 radical (unpaired) electrons. The highest BCUT2D eigenvalue weighted by Gasteiger charge is 2.18. The zero-order valence-electron chi connectivity index (χ0n) is 8.77. The highest BCUT2D eigenvalue weighted by Crippen LogP contribution is 2.02. The number of amides is 1. The molecule has 1 atom stereocenters. The predicted molar refractivity (Wildman–Crippen MR) is 51.3 cm³/mol. The average Bonchev–Trinajstić information content (AvgIpc) is 2.10. The molecule has 0 aromatic carbocycles. The SMILES string of the molecule is CC(=O)N(CCC(=O)O)CC(C)C(=O)O. The minimum absolute atomic E-state index is 0.0396. The number of hydrogen-bond acceptors (Lipinski definition) is 3. The summed E-state index contributed by atoms with van der Waals surface area (Å²) in [6.45, 7) is 2.84. The molecule has 0 bridgehead atoms. The van der Waals surface area contributed by atoms with E-state index in [0.29, 0.717) is 0 Å². The molecule has 2 N–H and O–H groups in total. The molecule has 0 saturated carbocycles. The Hall–Kier alpha value is -1.59. The largest absolute Gasteiger partial charge is 0.481 e. The lowest BCUT2D eigenvalue weighted by molar-refractivity contribution is -0.142. The zero-order valence-corrected chi connectivity index (χ0v) is 8.77. The molecule has 0 heterocycles. The molecule has 6 heteroatoms. The van der Waals surface area contributed by atoms with Gasteiger partial charge in [0.1, 0.15) is 0 Å². The van der Waals surface area contributed by atoms with Crippen molar-refractivity contribution in [3.63, 3.8) is 0 Å². The maximum atomic E-state index is 11.1. The van der Waals surface area contributed by atoms with Crippen LogP contribution in [0.3, 0.4) is 0 Å². The Balaban J connectivity index is 4.22. The first-order chi connectivity index (χ1) is 6.84. The summed E-state index contributed by atoms with van der Waals surface area (Å²) in [7, 11) is 0. The van der Waals surface area contributed by atoms with Crippen LogP contribution in [0.1, 0.15) is 20.3 Å². The first-order valence-corrected chi connectivity index (χ1v) is 4.54. The van der Waals surface area contributed by atoms with Gasteiger partial charge in [0.2, 0.25) is 5.91 Å². The Labute approximate surface area is 87.5 Å². The normalized spacial score (nSPS) is 11.9. The number of aliphatic carboxylic acids is 2. The molecule has 0 aliphatic carbocycles. The van der Waals surface area contributed by atoms with Gasteiger partial charge in [0.15, 0.2) is 0 Å². The molecule has 0 aliphatic heterocycles. The zero-order chi connectivity index (χ0) is 12.0. The van der Waals surface area contributed by atoms with Crippen molar-refractivity contribution < 1.29 is 24.6 Å². The number of carboxylic acids is 2. The van der Waals surface area contributed by atoms with E-state index in [4.69, 9.17) is 10.2 Å². The first kappa shape index (κ1) is 13.4. The third-order valence-electron chi connectivity index (χ3n) is 1.96. The quantitative estimate of drug-likeness (QED) is 0.654. The van der Waals surface area contributed by atoms with Crippen LogP contribution in [0.5, 0.6) is 0 Å². The standard InChI is InChI=1S/C9H15NO5/c1-6(9(14)15)5-10(7(2)11)4-3-8(12)13/h6H,3-5H2,1-2H3,(H,12,13)(H,14,15). The summed E-state index contributed by atoms with van der Waals surface area (Å²) in [5.74, 6) is -3.02. The van der Waals surface area contributed by atoms with Gasteiger partial charge < -0.3 is 15.1 Å². The highest BCUT2D eigenvalue weighted by molar-refractivity contribution is 5.76. The summed E-state index contributed by atoms with van der Waals surface area (Å²) in [6, 6.07) is 0. The Morgan fingerprint density at radius 3 is 2.13 bits per heavy atom. The van der Waals surface area contributed by atoms with E-state index in [2.05, 4.69) is 0 Å². The summed E-state index contributed by atoms with van der Waals surface area (Å²) in [5.41, 5.74) is 0. The number of carboxylic acid groups (broad SMARTS) is 2. The second-order valence-corrected chi connectivity index (χ2v) is 3.35. The van der Waals surface area contributed by atoms with Gasteiger partial charge in [-0.2, -0.15) is 0 Å². The fraction of sp³-hybridized carbons (Fsp3) is 0.667. The number of hydrogen-bond donors (Lipinski definition) is 2. The summed E-state index contributed by atoms with van der Waals surface area (Å²) >= 11 is 0. The van der Waals surface area contributed by atoms with Gasteiger partial charge in [-0.15, -0.1) is 0 Å². The lowest BCUT2D eigenvalue weighted by Gasteiger charge is -2.22. The molecule has 0 fully saturated rings. The van der Waals surface area contributed by atoms with E-state index in [1.807, 2.05) is 0 Å². The lowest BCUT2D eigenvalue weighted by Crippen LogP contribution is -2.36. The molecule has 0 aliphatic rings. The lowest BCUT2D eigenvalue weighted by atomic mass is 10.1. The number of carbonyl (C=O) groups excluding carboxylic acids is 1. The molecular formula is C9H15NO5. The van der Waals surface area contributed by atoms with E-state index in [9.17, 15) is 14.4 Å². The van der Waals surface area contributed by atoms with Crippen molar-refractivity contribution in [3.05, 3.63) is 0 Å². The third-order valence-corrected chi connectivity index (χ3v) is 1.96. The van der Waals surface area contributed by atoms with Crippen LogP contribution in [0.25, 0.3) is 0 Å². The van der Waals surface area contributed by atoms with Gasteiger partial charge in [-0.1, -0.05) is 6.92 Å². The van der Waals surface area contributed by atoms with Gasteiger partial charge in [0, 0.05) is 20.0 Å². The van der Waals surface area contributed by atoms with Crippen LogP contribution >= 0.6 is 0 Å². The summed E-state index contributed by atoms with van der Waals surface area (Å²) in [5, 5.41) is 17.1. The van der Waals surface area contributed by atoms with Crippen LogP contribution in [-0.2, 0) is 14.4 Å². The van der Waals surface area contributed by atoms with Crippen molar-refractivity contribution in [2.45, 2.75) is 20.3 Å². The maximum Gasteiger partial charge on any atom is 0.308 e. The minimum atomic E-state index is -1.01. The van der Waals surface area contributed by atoms with Crippen molar-refractivity contribution in [3.8, 4) is 0 Å². The number of nitrogens with zero attached hydrogens (tertiary/aromatic N) is 1. The van der Waals surface area contributed by atoms with Crippen LogP contribution in [0.15, 0.2) is 0 Å². The van der Waals surface area contributed by atoms with E-state index in [1.165, 1.54) is 18.7 Å². The Morgan fingerprint density at radius 1 is 1.27 bits per heavy atom. The highest BCUT2D eigenvalue weighted by atomic mass is 16.4. The Morgan fingerprint density at radius 2 is 1.80 bits per heavy atom. The fourth-order valence-electron chi connectivity index (χ4n) is 1.02. The van der Waals surface area contributed by atoms with Gasteiger partial charge in [-0.3, -0.25) is 14.4 Å². The van der Waals surface area contributed by atoms with Crippen molar-refractivity contribution in [2.75, 3.05) is 13.1 Å². The molecule has 0 aromatic heterocycles. The van der Waals surface area contributed by atoms with Crippen molar-refractivity contribution in [1.29, 1.82) is 0 Å².